The summed E-state index contributed by atoms with van der Waals surface area (Å²) in [5.74, 6) is 0. The summed E-state index contributed by atoms with van der Waals surface area (Å²) < 4.78 is 3.02. The molecule has 0 aliphatic carbocycles. The Morgan fingerprint density at radius 3 is 2.84 bits per heavy atom. The number of fused-ring (bicyclic) bond motifs is 1. The molecule has 2 aromatic heterocycles. The van der Waals surface area contributed by atoms with Crippen molar-refractivity contribution in [3.63, 3.8) is 0 Å². The highest BCUT2D eigenvalue weighted by atomic mass is 32.1. The van der Waals surface area contributed by atoms with E-state index in [4.69, 9.17) is 5.73 Å². The SMILES string of the molecule is Cc1nn(C)cc1CC(N)c1nc2ccccc2s1. The monoisotopic (exact) mass is 272 g/mol. The molecule has 0 spiro atoms. The number of nitrogens with zero attached hydrogens (tertiary/aromatic N) is 3. The minimum Gasteiger partial charge on any atom is -0.322 e. The van der Waals surface area contributed by atoms with Crippen LogP contribution in [0.15, 0.2) is 30.5 Å². The summed E-state index contributed by atoms with van der Waals surface area (Å²) in [6.45, 7) is 2.01. The summed E-state index contributed by atoms with van der Waals surface area (Å²) in [4.78, 5) is 4.61. The Balaban J connectivity index is 1.87. The lowest BCUT2D eigenvalue weighted by molar-refractivity contribution is 0.713. The molecule has 1 aromatic carbocycles. The first-order valence-electron chi connectivity index (χ1n) is 6.23. The molecule has 2 heterocycles. The smallest absolute Gasteiger partial charge is 0.111 e. The first-order chi connectivity index (χ1) is 9.13. The van der Waals surface area contributed by atoms with Gasteiger partial charge in [0, 0.05) is 13.2 Å². The molecule has 1 unspecified atom stereocenters. The van der Waals surface area contributed by atoms with Crippen LogP contribution in [0.25, 0.3) is 10.2 Å². The van der Waals surface area contributed by atoms with Crippen LogP contribution in [0.4, 0.5) is 0 Å². The van der Waals surface area contributed by atoms with Crippen molar-refractivity contribution in [2.24, 2.45) is 12.8 Å². The van der Waals surface area contributed by atoms with Gasteiger partial charge in [-0.1, -0.05) is 12.1 Å². The van der Waals surface area contributed by atoms with Gasteiger partial charge < -0.3 is 5.73 Å². The fraction of sp³-hybridized carbons (Fsp3) is 0.286. The molecule has 98 valence electrons. The van der Waals surface area contributed by atoms with Gasteiger partial charge in [0.15, 0.2) is 0 Å². The van der Waals surface area contributed by atoms with Gasteiger partial charge in [-0.05, 0) is 31.0 Å². The van der Waals surface area contributed by atoms with E-state index in [1.54, 1.807) is 11.3 Å². The van der Waals surface area contributed by atoms with Crippen molar-refractivity contribution >= 4 is 21.6 Å². The van der Waals surface area contributed by atoms with E-state index in [1.165, 1.54) is 10.3 Å². The van der Waals surface area contributed by atoms with Gasteiger partial charge in [0.05, 0.1) is 22.0 Å². The second kappa shape index (κ2) is 4.75. The first kappa shape index (κ1) is 12.3. The maximum absolute atomic E-state index is 6.28. The van der Waals surface area contributed by atoms with Gasteiger partial charge in [-0.2, -0.15) is 5.10 Å². The van der Waals surface area contributed by atoms with Crippen LogP contribution in [0.1, 0.15) is 22.3 Å². The Bertz CT molecular complexity index is 680. The number of para-hydroxylation sites is 1. The van der Waals surface area contributed by atoms with Crippen molar-refractivity contribution in [1.82, 2.24) is 14.8 Å². The van der Waals surface area contributed by atoms with Gasteiger partial charge in [-0.15, -0.1) is 11.3 Å². The summed E-state index contributed by atoms with van der Waals surface area (Å²) in [5.41, 5.74) is 9.54. The lowest BCUT2D eigenvalue weighted by Gasteiger charge is -2.06. The topological polar surface area (TPSA) is 56.7 Å². The molecule has 19 heavy (non-hydrogen) atoms. The van der Waals surface area contributed by atoms with Crippen LogP contribution >= 0.6 is 11.3 Å². The molecule has 0 fully saturated rings. The number of thiazole rings is 1. The van der Waals surface area contributed by atoms with E-state index >= 15 is 0 Å². The Kier molecular flexibility index (Phi) is 3.08. The highest BCUT2D eigenvalue weighted by molar-refractivity contribution is 7.18. The fourth-order valence-electron chi connectivity index (χ4n) is 2.22. The van der Waals surface area contributed by atoms with Crippen molar-refractivity contribution in [2.75, 3.05) is 0 Å². The highest BCUT2D eigenvalue weighted by Gasteiger charge is 2.15. The molecule has 0 radical (unpaired) electrons. The molecular weight excluding hydrogens is 256 g/mol. The van der Waals surface area contributed by atoms with Gasteiger partial charge in [0.25, 0.3) is 0 Å². The summed E-state index contributed by atoms with van der Waals surface area (Å²) in [7, 11) is 1.93. The molecule has 0 saturated heterocycles. The third-order valence-corrected chi connectivity index (χ3v) is 4.35. The molecule has 5 heteroatoms. The summed E-state index contributed by atoms with van der Waals surface area (Å²) >= 11 is 1.67. The Morgan fingerprint density at radius 1 is 1.37 bits per heavy atom. The van der Waals surface area contributed by atoms with Crippen LogP contribution in [0.2, 0.25) is 0 Å². The predicted molar refractivity (Wildman–Crippen MR) is 78.2 cm³/mol. The van der Waals surface area contributed by atoms with Crippen molar-refractivity contribution in [3.05, 3.63) is 46.7 Å². The summed E-state index contributed by atoms with van der Waals surface area (Å²) in [6, 6.07) is 8.07. The maximum atomic E-state index is 6.28. The van der Waals surface area contributed by atoms with Crippen molar-refractivity contribution in [3.8, 4) is 0 Å². The van der Waals surface area contributed by atoms with E-state index in [0.717, 1.165) is 22.6 Å². The van der Waals surface area contributed by atoms with E-state index in [-0.39, 0.29) is 6.04 Å². The quantitative estimate of drug-likeness (QED) is 0.797. The van der Waals surface area contributed by atoms with E-state index < -0.39 is 0 Å². The summed E-state index contributed by atoms with van der Waals surface area (Å²) in [5, 5.41) is 5.33. The lowest BCUT2D eigenvalue weighted by atomic mass is 10.1. The Hall–Kier alpha value is -1.72. The molecule has 4 nitrogen and oxygen atoms in total. The van der Waals surface area contributed by atoms with Crippen LogP contribution in [0.5, 0.6) is 0 Å². The average Bonchev–Trinajstić information content (AvgIpc) is 2.93. The summed E-state index contributed by atoms with van der Waals surface area (Å²) in [6.07, 6.45) is 2.81. The lowest BCUT2D eigenvalue weighted by Crippen LogP contribution is -2.13. The number of aromatic nitrogens is 3. The van der Waals surface area contributed by atoms with Gasteiger partial charge in [-0.3, -0.25) is 4.68 Å². The zero-order valence-corrected chi connectivity index (χ0v) is 11.8. The standard InChI is InChI=1S/C14H16N4S/c1-9-10(8-18(2)17-9)7-11(15)14-16-12-5-3-4-6-13(12)19-14/h3-6,8,11H,7,15H2,1-2H3. The Morgan fingerprint density at radius 2 is 2.16 bits per heavy atom. The van der Waals surface area contributed by atoms with Crippen LogP contribution in [-0.4, -0.2) is 14.8 Å². The van der Waals surface area contributed by atoms with Crippen LogP contribution in [-0.2, 0) is 13.5 Å². The molecule has 0 bridgehead atoms. The molecule has 3 aromatic rings. The normalized spacial score (nSPS) is 13.0. The van der Waals surface area contributed by atoms with Gasteiger partial charge in [-0.25, -0.2) is 4.98 Å². The van der Waals surface area contributed by atoms with E-state index in [9.17, 15) is 0 Å². The minimum absolute atomic E-state index is 0.0692. The van der Waals surface area contributed by atoms with Crippen molar-refractivity contribution in [2.45, 2.75) is 19.4 Å². The minimum atomic E-state index is -0.0692. The van der Waals surface area contributed by atoms with Crippen molar-refractivity contribution in [1.29, 1.82) is 0 Å². The van der Waals surface area contributed by atoms with Crippen LogP contribution in [0.3, 0.4) is 0 Å². The third-order valence-electron chi connectivity index (χ3n) is 3.18. The second-order valence-corrected chi connectivity index (χ2v) is 5.81. The largest absolute Gasteiger partial charge is 0.322 e. The molecular formula is C14H16N4S. The molecule has 1 atom stereocenters. The molecule has 0 aliphatic heterocycles. The zero-order valence-electron chi connectivity index (χ0n) is 11.0. The predicted octanol–water partition coefficient (Wildman–Crippen LogP) is 2.58. The number of hydrogen-bond acceptors (Lipinski definition) is 4. The number of rotatable bonds is 3. The molecule has 0 aliphatic rings. The van der Waals surface area contributed by atoms with Gasteiger partial charge >= 0.3 is 0 Å². The zero-order chi connectivity index (χ0) is 13.4. The first-order valence-corrected chi connectivity index (χ1v) is 7.05. The van der Waals surface area contributed by atoms with Crippen LogP contribution in [0, 0.1) is 6.92 Å². The molecule has 0 saturated carbocycles. The molecule has 0 amide bonds. The average molecular weight is 272 g/mol. The third kappa shape index (κ3) is 2.39. The van der Waals surface area contributed by atoms with Gasteiger partial charge in [0.2, 0.25) is 0 Å². The van der Waals surface area contributed by atoms with Gasteiger partial charge in [0.1, 0.15) is 5.01 Å². The van der Waals surface area contributed by atoms with E-state index in [1.807, 2.05) is 43.0 Å². The number of nitrogens with two attached hydrogens (primary N) is 1. The molecule has 2 N–H and O–H groups in total. The van der Waals surface area contributed by atoms with Crippen LogP contribution < -0.4 is 5.73 Å². The number of benzene rings is 1. The second-order valence-electron chi connectivity index (χ2n) is 4.74. The molecule has 3 rings (SSSR count). The fourth-order valence-corrected chi connectivity index (χ4v) is 3.19. The maximum Gasteiger partial charge on any atom is 0.111 e. The highest BCUT2D eigenvalue weighted by Crippen LogP contribution is 2.27. The van der Waals surface area contributed by atoms with E-state index in [0.29, 0.717) is 0 Å². The Labute approximate surface area is 115 Å². The van der Waals surface area contributed by atoms with Crippen molar-refractivity contribution < 1.29 is 0 Å². The number of hydrogen-bond donors (Lipinski definition) is 1. The number of aryl methyl sites for hydroxylation is 2. The van der Waals surface area contributed by atoms with E-state index in [2.05, 4.69) is 16.1 Å².